The van der Waals surface area contributed by atoms with Crippen molar-refractivity contribution in [2.24, 2.45) is 0 Å². The highest BCUT2D eigenvalue weighted by atomic mass is 16.7. The second-order valence-corrected chi connectivity index (χ2v) is 4.48. The van der Waals surface area contributed by atoms with E-state index in [4.69, 9.17) is 14.2 Å². The molecule has 0 radical (unpaired) electrons. The third-order valence-corrected chi connectivity index (χ3v) is 2.70. The van der Waals surface area contributed by atoms with Crippen LogP contribution < -0.4 is 14.8 Å². The normalized spacial score (nSPS) is 11.9. The lowest BCUT2D eigenvalue weighted by molar-refractivity contribution is -0.148. The summed E-state index contributed by atoms with van der Waals surface area (Å²) in [5.41, 5.74) is 0.518. The molecular weight excluding hydrogens is 278 g/mol. The molecule has 1 aliphatic rings. The number of hydrogen-bond donors (Lipinski definition) is 1. The van der Waals surface area contributed by atoms with E-state index in [1.807, 2.05) is 0 Å². The van der Waals surface area contributed by atoms with E-state index in [0.717, 1.165) is 0 Å². The first kappa shape index (κ1) is 14.8. The van der Waals surface area contributed by atoms with Gasteiger partial charge in [0.2, 0.25) is 6.79 Å². The van der Waals surface area contributed by atoms with E-state index in [1.54, 1.807) is 18.2 Å². The number of carbonyl (C=O) groups is 3. The zero-order valence-corrected chi connectivity index (χ0v) is 11.5. The lowest BCUT2D eigenvalue weighted by Gasteiger charge is -2.07. The van der Waals surface area contributed by atoms with E-state index in [0.29, 0.717) is 17.2 Å². The Morgan fingerprint density at radius 3 is 2.71 bits per heavy atom. The van der Waals surface area contributed by atoms with Crippen LogP contribution in [0.3, 0.4) is 0 Å². The molecule has 2 rings (SSSR count). The van der Waals surface area contributed by atoms with E-state index in [9.17, 15) is 14.4 Å². The number of esters is 1. The van der Waals surface area contributed by atoms with Gasteiger partial charge in [-0.1, -0.05) is 0 Å². The summed E-state index contributed by atoms with van der Waals surface area (Å²) in [6.07, 6.45) is 0.0925. The fourth-order valence-electron chi connectivity index (χ4n) is 1.67. The number of amides is 1. The third kappa shape index (κ3) is 4.48. The molecule has 0 atom stereocenters. The minimum atomic E-state index is -0.578. The Kier molecular flexibility index (Phi) is 4.76. The molecule has 1 aliphatic heterocycles. The van der Waals surface area contributed by atoms with Crippen molar-refractivity contribution in [1.82, 2.24) is 0 Å². The maximum atomic E-state index is 11.6. The first-order valence-electron chi connectivity index (χ1n) is 6.39. The van der Waals surface area contributed by atoms with E-state index < -0.39 is 18.5 Å². The van der Waals surface area contributed by atoms with Gasteiger partial charge in [-0.25, -0.2) is 0 Å². The summed E-state index contributed by atoms with van der Waals surface area (Å²) < 4.78 is 15.1. The highest BCUT2D eigenvalue weighted by Crippen LogP contribution is 2.34. The van der Waals surface area contributed by atoms with E-state index in [1.165, 1.54) is 6.92 Å². The first-order chi connectivity index (χ1) is 10.0. The van der Waals surface area contributed by atoms with Crippen molar-refractivity contribution in [2.75, 3.05) is 18.7 Å². The molecule has 1 aromatic carbocycles. The smallest absolute Gasteiger partial charge is 0.306 e. The molecule has 0 saturated heterocycles. The molecule has 0 aromatic heterocycles. The molecule has 112 valence electrons. The molecule has 0 fully saturated rings. The topological polar surface area (TPSA) is 90.9 Å². The van der Waals surface area contributed by atoms with Gasteiger partial charge in [0.1, 0.15) is 5.78 Å². The van der Waals surface area contributed by atoms with Gasteiger partial charge in [0, 0.05) is 18.2 Å². The number of nitrogens with one attached hydrogen (secondary N) is 1. The number of benzene rings is 1. The molecule has 0 saturated carbocycles. The largest absolute Gasteiger partial charge is 0.456 e. The Morgan fingerprint density at radius 1 is 1.19 bits per heavy atom. The number of anilines is 1. The van der Waals surface area contributed by atoms with Crippen LogP contribution >= 0.6 is 0 Å². The van der Waals surface area contributed by atoms with Gasteiger partial charge in [0.25, 0.3) is 5.91 Å². The fourth-order valence-corrected chi connectivity index (χ4v) is 1.67. The van der Waals surface area contributed by atoms with Gasteiger partial charge in [-0.15, -0.1) is 0 Å². The van der Waals surface area contributed by atoms with Crippen LogP contribution in [-0.2, 0) is 19.1 Å². The van der Waals surface area contributed by atoms with Crippen LogP contribution in [0, 0.1) is 0 Å². The van der Waals surface area contributed by atoms with E-state index >= 15 is 0 Å². The number of fused-ring (bicyclic) bond motifs is 1. The Morgan fingerprint density at radius 2 is 1.95 bits per heavy atom. The molecule has 1 N–H and O–H groups in total. The fraction of sp³-hybridized carbons (Fsp3) is 0.357. The van der Waals surface area contributed by atoms with Gasteiger partial charge in [-0.3, -0.25) is 9.59 Å². The monoisotopic (exact) mass is 293 g/mol. The molecule has 1 aromatic rings. The molecule has 0 bridgehead atoms. The minimum Gasteiger partial charge on any atom is -0.456 e. The van der Waals surface area contributed by atoms with Gasteiger partial charge in [0.15, 0.2) is 18.1 Å². The average Bonchev–Trinajstić information content (AvgIpc) is 2.90. The molecule has 7 nitrogen and oxygen atoms in total. The zero-order chi connectivity index (χ0) is 15.2. The maximum absolute atomic E-state index is 11.6. The Hall–Kier alpha value is -2.57. The SMILES string of the molecule is CC(=O)CCC(=O)OCC(=O)Nc1ccc2c(c1)OCO2. The van der Waals surface area contributed by atoms with Gasteiger partial charge in [-0.2, -0.15) is 0 Å². The summed E-state index contributed by atoms with van der Waals surface area (Å²) >= 11 is 0. The first-order valence-corrected chi connectivity index (χ1v) is 6.39. The van der Waals surface area contributed by atoms with Gasteiger partial charge in [-0.05, 0) is 19.1 Å². The number of ketones is 1. The Bertz CT molecular complexity index is 569. The third-order valence-electron chi connectivity index (χ3n) is 2.70. The van der Waals surface area contributed by atoms with Crippen molar-refractivity contribution < 1.29 is 28.6 Å². The van der Waals surface area contributed by atoms with Crippen LogP contribution in [0.25, 0.3) is 0 Å². The van der Waals surface area contributed by atoms with Crippen molar-refractivity contribution >= 4 is 23.3 Å². The molecule has 7 heteroatoms. The predicted octanol–water partition coefficient (Wildman–Crippen LogP) is 1.27. The van der Waals surface area contributed by atoms with Crippen LogP contribution in [0.2, 0.25) is 0 Å². The highest BCUT2D eigenvalue weighted by Gasteiger charge is 2.14. The second-order valence-electron chi connectivity index (χ2n) is 4.48. The quantitative estimate of drug-likeness (QED) is 0.794. The second kappa shape index (κ2) is 6.74. The summed E-state index contributed by atoms with van der Waals surface area (Å²) in [6.45, 7) is 1.14. The van der Waals surface area contributed by atoms with Crippen LogP contribution in [0.1, 0.15) is 19.8 Å². The lowest BCUT2D eigenvalue weighted by atomic mass is 10.2. The van der Waals surface area contributed by atoms with Crippen LogP contribution in [0.4, 0.5) is 5.69 Å². The predicted molar refractivity (Wildman–Crippen MR) is 72.1 cm³/mol. The lowest BCUT2D eigenvalue weighted by Crippen LogP contribution is -2.21. The van der Waals surface area contributed by atoms with Crippen molar-refractivity contribution in [3.8, 4) is 11.5 Å². The molecule has 21 heavy (non-hydrogen) atoms. The molecule has 0 aliphatic carbocycles. The van der Waals surface area contributed by atoms with Gasteiger partial charge < -0.3 is 24.3 Å². The minimum absolute atomic E-state index is 0.0212. The summed E-state index contributed by atoms with van der Waals surface area (Å²) in [5, 5.41) is 2.57. The molecule has 0 unspecified atom stereocenters. The summed E-state index contributed by atoms with van der Waals surface area (Å²) in [6, 6.07) is 4.96. The number of rotatable bonds is 6. The van der Waals surface area contributed by atoms with Gasteiger partial charge >= 0.3 is 5.97 Å². The summed E-state index contributed by atoms with van der Waals surface area (Å²) in [7, 11) is 0. The number of ether oxygens (including phenoxy) is 3. The zero-order valence-electron chi connectivity index (χ0n) is 11.5. The molecule has 1 heterocycles. The summed E-state index contributed by atoms with van der Waals surface area (Å²) in [5.74, 6) is 0.0164. The van der Waals surface area contributed by atoms with Crippen molar-refractivity contribution in [3.05, 3.63) is 18.2 Å². The maximum Gasteiger partial charge on any atom is 0.306 e. The van der Waals surface area contributed by atoms with Crippen molar-refractivity contribution in [3.63, 3.8) is 0 Å². The van der Waals surface area contributed by atoms with Crippen LogP contribution in [0.5, 0.6) is 11.5 Å². The summed E-state index contributed by atoms with van der Waals surface area (Å²) in [4.78, 5) is 33.6. The standard InChI is InChI=1S/C14H15NO6/c1-9(16)2-5-14(18)19-7-13(17)15-10-3-4-11-12(6-10)21-8-20-11/h3-4,6H,2,5,7-8H2,1H3,(H,15,17). The van der Waals surface area contributed by atoms with Crippen LogP contribution in [0.15, 0.2) is 18.2 Å². The number of carbonyl (C=O) groups excluding carboxylic acids is 3. The number of Topliss-reactive ketones (excluding diaryl/α,β-unsaturated/α-hetero) is 1. The van der Waals surface area contributed by atoms with E-state index in [2.05, 4.69) is 5.32 Å². The van der Waals surface area contributed by atoms with E-state index in [-0.39, 0.29) is 25.4 Å². The molecule has 0 spiro atoms. The van der Waals surface area contributed by atoms with Crippen molar-refractivity contribution in [1.29, 1.82) is 0 Å². The molecule has 1 amide bonds. The Labute approximate surface area is 121 Å². The number of hydrogen-bond acceptors (Lipinski definition) is 6. The Balaban J connectivity index is 1.77. The average molecular weight is 293 g/mol. The van der Waals surface area contributed by atoms with Gasteiger partial charge in [0.05, 0.1) is 6.42 Å². The van der Waals surface area contributed by atoms with Crippen LogP contribution in [-0.4, -0.2) is 31.1 Å². The van der Waals surface area contributed by atoms with Crippen molar-refractivity contribution in [2.45, 2.75) is 19.8 Å². The molecular formula is C14H15NO6. The highest BCUT2D eigenvalue weighted by molar-refractivity contribution is 5.93.